The molecule has 1 aromatic carbocycles. The normalized spacial score (nSPS) is 11.9. The lowest BCUT2D eigenvalue weighted by molar-refractivity contribution is -0.132. The topological polar surface area (TPSA) is 70.1 Å². The van der Waals surface area contributed by atoms with Crippen LogP contribution in [-0.4, -0.2) is 23.9 Å². The summed E-state index contributed by atoms with van der Waals surface area (Å²) >= 11 is 0. The summed E-state index contributed by atoms with van der Waals surface area (Å²) in [5.74, 6) is 0.399. The summed E-state index contributed by atoms with van der Waals surface area (Å²) in [5.41, 5.74) is 7.04. The van der Waals surface area contributed by atoms with Crippen LogP contribution in [0.2, 0.25) is 0 Å². The molecule has 1 atom stereocenters. The second-order valence-corrected chi connectivity index (χ2v) is 5.36. The summed E-state index contributed by atoms with van der Waals surface area (Å²) in [6.07, 6.45) is 0.640. The molecule has 0 saturated carbocycles. The van der Waals surface area contributed by atoms with E-state index in [-0.39, 0.29) is 18.4 Å². The fourth-order valence-corrected chi connectivity index (χ4v) is 2.08. The van der Waals surface area contributed by atoms with E-state index in [0.717, 1.165) is 5.56 Å². The van der Waals surface area contributed by atoms with Crippen LogP contribution in [0.1, 0.15) is 38.3 Å². The van der Waals surface area contributed by atoms with Crippen LogP contribution in [-0.2, 0) is 4.79 Å². The van der Waals surface area contributed by atoms with Crippen molar-refractivity contribution in [3.8, 4) is 6.07 Å². The molecule has 0 aromatic heterocycles. The summed E-state index contributed by atoms with van der Waals surface area (Å²) in [6, 6.07) is 11.4. The van der Waals surface area contributed by atoms with Gasteiger partial charge in [-0.15, -0.1) is 0 Å². The van der Waals surface area contributed by atoms with Crippen molar-refractivity contribution in [1.29, 1.82) is 5.26 Å². The SMILES string of the molecule is CC(C)CN(CCC#N)C(=O)CC(N)c1ccccc1. The highest BCUT2D eigenvalue weighted by atomic mass is 16.2. The van der Waals surface area contributed by atoms with Crippen molar-refractivity contribution in [3.05, 3.63) is 35.9 Å². The summed E-state index contributed by atoms with van der Waals surface area (Å²) < 4.78 is 0. The van der Waals surface area contributed by atoms with E-state index < -0.39 is 0 Å². The number of carbonyl (C=O) groups excluding carboxylic acids is 1. The van der Waals surface area contributed by atoms with Crippen LogP contribution in [0.3, 0.4) is 0 Å². The molecule has 0 bridgehead atoms. The van der Waals surface area contributed by atoms with Crippen molar-refractivity contribution >= 4 is 5.91 Å². The number of rotatable bonds is 7. The zero-order valence-corrected chi connectivity index (χ0v) is 12.2. The summed E-state index contributed by atoms with van der Waals surface area (Å²) in [6.45, 7) is 5.27. The fraction of sp³-hybridized carbons (Fsp3) is 0.500. The van der Waals surface area contributed by atoms with E-state index in [9.17, 15) is 4.79 Å². The first-order chi connectivity index (χ1) is 9.54. The quantitative estimate of drug-likeness (QED) is 0.829. The third-order valence-electron chi connectivity index (χ3n) is 3.05. The molecule has 1 unspecified atom stereocenters. The van der Waals surface area contributed by atoms with E-state index in [4.69, 9.17) is 11.0 Å². The van der Waals surface area contributed by atoms with E-state index in [1.807, 2.05) is 30.3 Å². The number of hydrogen-bond donors (Lipinski definition) is 1. The average molecular weight is 273 g/mol. The molecule has 0 fully saturated rings. The van der Waals surface area contributed by atoms with Crippen LogP contribution < -0.4 is 5.73 Å². The average Bonchev–Trinajstić information content (AvgIpc) is 2.43. The number of nitrogens with zero attached hydrogens (tertiary/aromatic N) is 2. The molecule has 0 aliphatic heterocycles. The summed E-state index contributed by atoms with van der Waals surface area (Å²) in [4.78, 5) is 14.1. The van der Waals surface area contributed by atoms with Gasteiger partial charge < -0.3 is 10.6 Å². The van der Waals surface area contributed by atoms with Gasteiger partial charge in [-0.25, -0.2) is 0 Å². The molecule has 0 aliphatic carbocycles. The van der Waals surface area contributed by atoms with E-state index in [1.54, 1.807) is 4.90 Å². The van der Waals surface area contributed by atoms with Gasteiger partial charge in [0.2, 0.25) is 5.91 Å². The number of hydrogen-bond acceptors (Lipinski definition) is 3. The van der Waals surface area contributed by atoms with Gasteiger partial charge >= 0.3 is 0 Å². The molecule has 0 saturated heterocycles. The lowest BCUT2D eigenvalue weighted by Gasteiger charge is -2.25. The van der Waals surface area contributed by atoms with Crippen LogP contribution >= 0.6 is 0 Å². The van der Waals surface area contributed by atoms with Gasteiger partial charge in [0, 0.05) is 25.6 Å². The van der Waals surface area contributed by atoms with E-state index >= 15 is 0 Å². The molecule has 4 nitrogen and oxygen atoms in total. The van der Waals surface area contributed by atoms with Gasteiger partial charge in [0.05, 0.1) is 12.5 Å². The number of benzene rings is 1. The Morgan fingerprint density at radius 3 is 2.55 bits per heavy atom. The predicted molar refractivity (Wildman–Crippen MR) is 79.6 cm³/mol. The fourth-order valence-electron chi connectivity index (χ4n) is 2.08. The highest BCUT2D eigenvalue weighted by Gasteiger charge is 2.18. The highest BCUT2D eigenvalue weighted by molar-refractivity contribution is 5.77. The maximum atomic E-state index is 12.3. The number of nitrogens with two attached hydrogens (primary N) is 1. The first kappa shape index (κ1) is 16.2. The minimum atomic E-state index is -0.291. The largest absolute Gasteiger partial charge is 0.341 e. The van der Waals surface area contributed by atoms with Crippen LogP contribution in [0.4, 0.5) is 0 Å². The minimum absolute atomic E-state index is 0.0188. The Morgan fingerprint density at radius 2 is 2.00 bits per heavy atom. The number of amides is 1. The Kier molecular flexibility index (Phi) is 6.75. The Bertz CT molecular complexity index is 451. The standard InChI is InChI=1S/C16H23N3O/c1-13(2)12-19(10-6-9-17)16(20)11-15(18)14-7-4-3-5-8-14/h3-5,7-8,13,15H,6,10-12,18H2,1-2H3. The molecule has 20 heavy (non-hydrogen) atoms. The van der Waals surface area contributed by atoms with Gasteiger partial charge in [-0.3, -0.25) is 4.79 Å². The lowest BCUT2D eigenvalue weighted by atomic mass is 10.0. The van der Waals surface area contributed by atoms with Gasteiger partial charge in [0.1, 0.15) is 0 Å². The molecule has 4 heteroatoms. The van der Waals surface area contributed by atoms with Crippen LogP contribution in [0, 0.1) is 17.2 Å². The van der Waals surface area contributed by atoms with Gasteiger partial charge in [0.15, 0.2) is 0 Å². The van der Waals surface area contributed by atoms with Crippen LogP contribution in [0.5, 0.6) is 0 Å². The van der Waals surface area contributed by atoms with Crippen molar-refractivity contribution in [2.75, 3.05) is 13.1 Å². The smallest absolute Gasteiger partial charge is 0.224 e. The minimum Gasteiger partial charge on any atom is -0.341 e. The maximum absolute atomic E-state index is 12.3. The van der Waals surface area contributed by atoms with Crippen molar-refractivity contribution < 1.29 is 4.79 Å². The molecular weight excluding hydrogens is 250 g/mol. The third-order valence-corrected chi connectivity index (χ3v) is 3.05. The summed E-state index contributed by atoms with van der Waals surface area (Å²) in [7, 11) is 0. The van der Waals surface area contributed by atoms with Crippen molar-refractivity contribution in [1.82, 2.24) is 4.90 Å². The predicted octanol–water partition coefficient (Wildman–Crippen LogP) is 2.47. The Morgan fingerprint density at radius 1 is 1.35 bits per heavy atom. The molecule has 1 aromatic rings. The van der Waals surface area contributed by atoms with Crippen LogP contribution in [0.25, 0.3) is 0 Å². The van der Waals surface area contributed by atoms with E-state index in [2.05, 4.69) is 19.9 Å². The van der Waals surface area contributed by atoms with Gasteiger partial charge in [0.25, 0.3) is 0 Å². The van der Waals surface area contributed by atoms with Crippen molar-refractivity contribution in [3.63, 3.8) is 0 Å². The molecule has 1 amide bonds. The van der Waals surface area contributed by atoms with Gasteiger partial charge in [-0.1, -0.05) is 44.2 Å². The van der Waals surface area contributed by atoms with Crippen LogP contribution in [0.15, 0.2) is 30.3 Å². The molecular formula is C16H23N3O. The zero-order chi connectivity index (χ0) is 15.0. The Hall–Kier alpha value is -1.86. The van der Waals surface area contributed by atoms with Crippen molar-refractivity contribution in [2.24, 2.45) is 11.7 Å². The van der Waals surface area contributed by atoms with E-state index in [1.165, 1.54) is 0 Å². The Balaban J connectivity index is 2.63. The third kappa shape index (κ3) is 5.41. The van der Waals surface area contributed by atoms with Crippen molar-refractivity contribution in [2.45, 2.75) is 32.7 Å². The number of nitriles is 1. The zero-order valence-electron chi connectivity index (χ0n) is 12.2. The molecule has 0 heterocycles. The second-order valence-electron chi connectivity index (χ2n) is 5.36. The molecule has 1 rings (SSSR count). The first-order valence-corrected chi connectivity index (χ1v) is 6.99. The van der Waals surface area contributed by atoms with Gasteiger partial charge in [-0.05, 0) is 11.5 Å². The molecule has 2 N–H and O–H groups in total. The molecule has 0 spiro atoms. The highest BCUT2D eigenvalue weighted by Crippen LogP contribution is 2.15. The monoisotopic (exact) mass is 273 g/mol. The maximum Gasteiger partial charge on any atom is 0.224 e. The van der Waals surface area contributed by atoms with Gasteiger partial charge in [-0.2, -0.15) is 5.26 Å². The second kappa shape index (κ2) is 8.34. The van der Waals surface area contributed by atoms with E-state index in [0.29, 0.717) is 25.4 Å². The lowest BCUT2D eigenvalue weighted by Crippen LogP contribution is -2.36. The molecule has 0 aliphatic rings. The first-order valence-electron chi connectivity index (χ1n) is 6.99. The molecule has 108 valence electrons. The Labute approximate surface area is 121 Å². The number of carbonyl (C=O) groups is 1. The molecule has 0 radical (unpaired) electrons. The summed E-state index contributed by atoms with van der Waals surface area (Å²) in [5, 5.41) is 8.68.